The normalized spacial score (nSPS) is 10.6. The molecule has 8 heteroatoms. The summed E-state index contributed by atoms with van der Waals surface area (Å²) < 4.78 is 6.98. The van der Waals surface area contributed by atoms with Crippen molar-refractivity contribution in [3.05, 3.63) is 71.7 Å². The molecular weight excluding hydrogens is 366 g/mol. The van der Waals surface area contributed by atoms with Crippen molar-refractivity contribution in [2.75, 3.05) is 7.11 Å². The summed E-state index contributed by atoms with van der Waals surface area (Å²) in [4.78, 5) is 16.8. The van der Waals surface area contributed by atoms with Gasteiger partial charge in [-0.25, -0.2) is 14.8 Å². The van der Waals surface area contributed by atoms with E-state index in [-0.39, 0.29) is 0 Å². The van der Waals surface area contributed by atoms with Gasteiger partial charge in [-0.15, -0.1) is 10.2 Å². The molecule has 0 unspecified atom stereocenters. The first-order valence-electron chi connectivity index (χ1n) is 8.84. The molecule has 0 saturated heterocycles. The van der Waals surface area contributed by atoms with E-state index >= 15 is 0 Å². The summed E-state index contributed by atoms with van der Waals surface area (Å²) >= 11 is 0. The first-order valence-corrected chi connectivity index (χ1v) is 8.84. The summed E-state index contributed by atoms with van der Waals surface area (Å²) in [7, 11) is 1.57. The summed E-state index contributed by atoms with van der Waals surface area (Å²) in [5, 5.41) is 8.45. The Balaban J connectivity index is 1.73. The van der Waals surface area contributed by atoms with Crippen molar-refractivity contribution in [1.82, 2.24) is 29.7 Å². The summed E-state index contributed by atoms with van der Waals surface area (Å²) in [6, 6.07) is 9.19. The smallest absolute Gasteiger partial charge is 0.213 e. The highest BCUT2D eigenvalue weighted by atomic mass is 16.5. The maximum Gasteiger partial charge on any atom is 0.213 e. The van der Waals surface area contributed by atoms with Crippen molar-refractivity contribution < 1.29 is 4.74 Å². The predicted molar refractivity (Wildman–Crippen MR) is 108 cm³/mol. The number of aryl methyl sites for hydroxylation is 2. The highest BCUT2D eigenvalue weighted by Crippen LogP contribution is 2.27. The summed E-state index contributed by atoms with van der Waals surface area (Å²) in [5.74, 6) is 1.81. The van der Waals surface area contributed by atoms with Crippen LogP contribution < -0.4 is 4.74 Å². The molecule has 4 rings (SSSR count). The predicted octanol–water partition coefficient (Wildman–Crippen LogP) is 3.96. The fourth-order valence-electron chi connectivity index (χ4n) is 3.00. The van der Waals surface area contributed by atoms with Crippen molar-refractivity contribution >= 4 is 5.69 Å². The number of hydrogen-bond donors (Lipinski definition) is 0. The van der Waals surface area contributed by atoms with Crippen molar-refractivity contribution in [2.45, 2.75) is 13.8 Å². The fourth-order valence-corrected chi connectivity index (χ4v) is 3.00. The van der Waals surface area contributed by atoms with Crippen LogP contribution >= 0.6 is 0 Å². The molecule has 142 valence electrons. The van der Waals surface area contributed by atoms with E-state index in [1.807, 2.05) is 36.6 Å². The summed E-state index contributed by atoms with van der Waals surface area (Å²) in [5.41, 5.74) is 4.57. The molecule has 0 radical (unpaired) electrons. The molecule has 0 bridgehead atoms. The molecule has 0 spiro atoms. The molecule has 3 heterocycles. The van der Waals surface area contributed by atoms with E-state index in [1.54, 1.807) is 37.8 Å². The molecule has 3 aromatic heterocycles. The Morgan fingerprint density at radius 3 is 2.38 bits per heavy atom. The first-order chi connectivity index (χ1) is 14.1. The lowest BCUT2D eigenvalue weighted by Crippen LogP contribution is -2.02. The molecule has 29 heavy (non-hydrogen) atoms. The third kappa shape index (κ3) is 3.41. The van der Waals surface area contributed by atoms with Crippen LogP contribution in [-0.4, -0.2) is 36.8 Å². The molecule has 8 nitrogen and oxygen atoms in total. The van der Waals surface area contributed by atoms with E-state index in [2.05, 4.69) is 30.0 Å². The number of rotatable bonds is 4. The van der Waals surface area contributed by atoms with Gasteiger partial charge in [-0.05, 0) is 37.1 Å². The van der Waals surface area contributed by atoms with Gasteiger partial charge in [0.25, 0.3) is 0 Å². The quantitative estimate of drug-likeness (QED) is 0.496. The van der Waals surface area contributed by atoms with Crippen LogP contribution in [0.2, 0.25) is 0 Å². The number of hydrogen-bond acceptors (Lipinski definition) is 6. The molecule has 0 N–H and O–H groups in total. The molecular formula is C21H17N7O. The van der Waals surface area contributed by atoms with E-state index in [1.165, 1.54) is 0 Å². The van der Waals surface area contributed by atoms with Gasteiger partial charge in [0.05, 0.1) is 43.7 Å². The Morgan fingerprint density at radius 2 is 1.72 bits per heavy atom. The van der Waals surface area contributed by atoms with Gasteiger partial charge in [-0.2, -0.15) is 0 Å². The van der Waals surface area contributed by atoms with Crippen LogP contribution in [0.3, 0.4) is 0 Å². The molecule has 0 fully saturated rings. The fraction of sp³-hybridized carbons (Fsp3) is 0.143. The molecule has 0 amide bonds. The zero-order chi connectivity index (χ0) is 20.4. The molecule has 0 aliphatic carbocycles. The third-order valence-corrected chi connectivity index (χ3v) is 4.52. The van der Waals surface area contributed by atoms with Gasteiger partial charge >= 0.3 is 0 Å². The second kappa shape index (κ2) is 7.48. The second-order valence-corrected chi connectivity index (χ2v) is 6.36. The monoisotopic (exact) mass is 383 g/mol. The van der Waals surface area contributed by atoms with Crippen molar-refractivity contribution in [1.29, 1.82) is 0 Å². The van der Waals surface area contributed by atoms with Crippen LogP contribution in [0.5, 0.6) is 5.88 Å². The number of ether oxygens (including phenoxy) is 1. The van der Waals surface area contributed by atoms with E-state index in [9.17, 15) is 0 Å². The number of benzene rings is 1. The Morgan fingerprint density at radius 1 is 0.931 bits per heavy atom. The Bertz CT molecular complexity index is 1210. The van der Waals surface area contributed by atoms with Crippen molar-refractivity contribution in [3.63, 3.8) is 0 Å². The standard InChI is InChI=1S/C21H17N7O/c1-13-5-6-15(22-3)9-17(13)18-11-24-19(12-23-18)21-27-26-14(2)28(21)16-7-8-20(29-4)25-10-16/h5-12H,1-2,4H3. The van der Waals surface area contributed by atoms with E-state index in [0.717, 1.165) is 16.8 Å². The summed E-state index contributed by atoms with van der Waals surface area (Å²) in [6.07, 6.45) is 5.04. The Labute approximate surface area is 167 Å². The lowest BCUT2D eigenvalue weighted by molar-refractivity contribution is 0.398. The van der Waals surface area contributed by atoms with Gasteiger partial charge < -0.3 is 4.74 Å². The molecule has 0 atom stereocenters. The van der Waals surface area contributed by atoms with Gasteiger partial charge in [0.2, 0.25) is 5.88 Å². The average molecular weight is 383 g/mol. The zero-order valence-electron chi connectivity index (χ0n) is 16.2. The minimum Gasteiger partial charge on any atom is -0.481 e. The minimum atomic E-state index is 0.530. The van der Waals surface area contributed by atoms with Gasteiger partial charge in [0.15, 0.2) is 11.5 Å². The molecule has 4 aromatic rings. The lowest BCUT2D eigenvalue weighted by Gasteiger charge is -2.09. The number of aromatic nitrogens is 6. The number of nitrogens with zero attached hydrogens (tertiary/aromatic N) is 7. The minimum absolute atomic E-state index is 0.530. The molecule has 0 aliphatic heterocycles. The highest BCUT2D eigenvalue weighted by Gasteiger charge is 2.15. The summed E-state index contributed by atoms with van der Waals surface area (Å²) in [6.45, 7) is 11.1. The van der Waals surface area contributed by atoms with Crippen LogP contribution in [0.15, 0.2) is 48.9 Å². The molecule has 0 saturated carbocycles. The topological polar surface area (TPSA) is 83.0 Å². The van der Waals surface area contributed by atoms with Crippen molar-refractivity contribution in [2.24, 2.45) is 0 Å². The SMILES string of the molecule is [C-]#[N+]c1ccc(C)c(-c2cnc(-c3nnc(C)n3-c3ccc(OC)nc3)cn2)c1. The van der Waals surface area contributed by atoms with Crippen molar-refractivity contribution in [3.8, 4) is 34.3 Å². The van der Waals surface area contributed by atoms with Crippen LogP contribution in [0.4, 0.5) is 5.69 Å². The third-order valence-electron chi connectivity index (χ3n) is 4.52. The molecule has 0 aliphatic rings. The largest absolute Gasteiger partial charge is 0.481 e. The van der Waals surface area contributed by atoms with E-state index in [0.29, 0.717) is 34.6 Å². The van der Waals surface area contributed by atoms with E-state index in [4.69, 9.17) is 11.3 Å². The van der Waals surface area contributed by atoms with Gasteiger partial charge in [-0.1, -0.05) is 12.1 Å². The van der Waals surface area contributed by atoms with Crippen LogP contribution in [0, 0.1) is 20.4 Å². The first kappa shape index (κ1) is 18.3. The second-order valence-electron chi connectivity index (χ2n) is 6.36. The maximum atomic E-state index is 7.21. The maximum absolute atomic E-state index is 7.21. The van der Waals surface area contributed by atoms with Crippen LogP contribution in [-0.2, 0) is 0 Å². The van der Waals surface area contributed by atoms with Gasteiger partial charge in [0, 0.05) is 6.07 Å². The number of methoxy groups -OCH3 is 1. The lowest BCUT2D eigenvalue weighted by atomic mass is 10.1. The number of pyridine rings is 1. The van der Waals surface area contributed by atoms with E-state index < -0.39 is 0 Å². The van der Waals surface area contributed by atoms with Gasteiger partial charge in [-0.3, -0.25) is 9.55 Å². The van der Waals surface area contributed by atoms with Crippen LogP contribution in [0.1, 0.15) is 11.4 Å². The van der Waals surface area contributed by atoms with Gasteiger partial charge in [0.1, 0.15) is 11.5 Å². The molecule has 1 aromatic carbocycles. The zero-order valence-corrected chi connectivity index (χ0v) is 16.2. The Kier molecular flexibility index (Phi) is 4.71. The highest BCUT2D eigenvalue weighted by molar-refractivity contribution is 5.69. The van der Waals surface area contributed by atoms with Crippen LogP contribution in [0.25, 0.3) is 33.3 Å². The Hall–Kier alpha value is -4.12. The average Bonchev–Trinajstić information content (AvgIpc) is 3.15.